The summed E-state index contributed by atoms with van der Waals surface area (Å²) in [7, 11) is 3.48. The third kappa shape index (κ3) is 4.77. The van der Waals surface area contributed by atoms with E-state index in [2.05, 4.69) is 36.6 Å². The number of aryl methyl sites for hydroxylation is 2. The summed E-state index contributed by atoms with van der Waals surface area (Å²) in [6, 6.07) is 15.6. The summed E-state index contributed by atoms with van der Waals surface area (Å²) >= 11 is 3.46. The molecule has 0 saturated heterocycles. The Morgan fingerprint density at radius 1 is 1.17 bits per heavy atom. The fraction of sp³-hybridized carbons (Fsp3) is 0.231. The van der Waals surface area contributed by atoms with E-state index in [1.54, 1.807) is 11.8 Å². The summed E-state index contributed by atoms with van der Waals surface area (Å²) in [5.41, 5.74) is 5.86. The Labute approximate surface area is 211 Å². The SMILES string of the molecule is COc1cc(Br)ccc1Nc1ncc2c(n1)-c1c(c(C(=O)NCc3ccccc3)nn1C)CCC2. The van der Waals surface area contributed by atoms with Crippen LogP contribution in [0.2, 0.25) is 0 Å². The van der Waals surface area contributed by atoms with Gasteiger partial charge in [-0.3, -0.25) is 9.48 Å². The molecular weight excluding hydrogens is 508 g/mol. The van der Waals surface area contributed by atoms with Gasteiger partial charge in [0, 0.05) is 29.8 Å². The lowest BCUT2D eigenvalue weighted by Crippen LogP contribution is -2.24. The van der Waals surface area contributed by atoms with Crippen molar-refractivity contribution in [2.75, 3.05) is 12.4 Å². The van der Waals surface area contributed by atoms with E-state index in [0.29, 0.717) is 23.9 Å². The number of carbonyl (C=O) groups is 1. The lowest BCUT2D eigenvalue weighted by Gasteiger charge is -2.13. The van der Waals surface area contributed by atoms with E-state index in [1.807, 2.05) is 61.8 Å². The molecule has 0 radical (unpaired) electrons. The number of benzene rings is 2. The number of hydrogen-bond donors (Lipinski definition) is 2. The fourth-order valence-corrected chi connectivity index (χ4v) is 4.68. The molecule has 0 bridgehead atoms. The number of nitrogens with zero attached hydrogens (tertiary/aromatic N) is 4. The van der Waals surface area contributed by atoms with Crippen LogP contribution in [0.4, 0.5) is 11.6 Å². The Kier molecular flexibility index (Phi) is 6.50. The normalized spacial score (nSPS) is 12.3. The van der Waals surface area contributed by atoms with Crippen LogP contribution in [0.5, 0.6) is 5.75 Å². The minimum atomic E-state index is -0.179. The van der Waals surface area contributed by atoms with Gasteiger partial charge in [-0.1, -0.05) is 46.3 Å². The van der Waals surface area contributed by atoms with Crippen molar-refractivity contribution in [3.8, 4) is 17.1 Å². The zero-order valence-corrected chi connectivity index (χ0v) is 21.1. The maximum absolute atomic E-state index is 13.1. The van der Waals surface area contributed by atoms with Gasteiger partial charge in [0.25, 0.3) is 5.91 Å². The zero-order chi connectivity index (χ0) is 24.4. The number of nitrogens with one attached hydrogen (secondary N) is 2. The van der Waals surface area contributed by atoms with Crippen molar-refractivity contribution in [3.05, 3.63) is 81.6 Å². The molecule has 0 aliphatic heterocycles. The van der Waals surface area contributed by atoms with E-state index in [4.69, 9.17) is 9.72 Å². The Morgan fingerprint density at radius 3 is 2.80 bits per heavy atom. The third-order valence-corrected chi connectivity index (χ3v) is 6.52. The lowest BCUT2D eigenvalue weighted by molar-refractivity contribution is 0.0944. The van der Waals surface area contributed by atoms with Gasteiger partial charge >= 0.3 is 0 Å². The largest absolute Gasteiger partial charge is 0.495 e. The molecule has 0 unspecified atom stereocenters. The Morgan fingerprint density at radius 2 is 2.00 bits per heavy atom. The smallest absolute Gasteiger partial charge is 0.272 e. The van der Waals surface area contributed by atoms with Gasteiger partial charge in [-0.05, 0) is 48.6 Å². The highest BCUT2D eigenvalue weighted by Crippen LogP contribution is 2.34. The van der Waals surface area contributed by atoms with Crippen LogP contribution in [-0.4, -0.2) is 32.8 Å². The molecule has 9 heteroatoms. The maximum atomic E-state index is 13.1. The maximum Gasteiger partial charge on any atom is 0.272 e. The highest BCUT2D eigenvalue weighted by molar-refractivity contribution is 9.10. The van der Waals surface area contributed by atoms with Crippen LogP contribution < -0.4 is 15.4 Å². The first-order valence-corrected chi connectivity index (χ1v) is 12.2. The topological polar surface area (TPSA) is 94.0 Å². The molecule has 8 nitrogen and oxygen atoms in total. The Balaban J connectivity index is 1.46. The number of aromatic nitrogens is 4. The average Bonchev–Trinajstić information content (AvgIpc) is 3.08. The van der Waals surface area contributed by atoms with Gasteiger partial charge in [-0.15, -0.1) is 0 Å². The van der Waals surface area contributed by atoms with Crippen molar-refractivity contribution >= 4 is 33.5 Å². The molecule has 1 aliphatic rings. The van der Waals surface area contributed by atoms with Crippen LogP contribution in [-0.2, 0) is 26.4 Å². The second-order valence-electron chi connectivity index (χ2n) is 8.36. The number of methoxy groups -OCH3 is 1. The van der Waals surface area contributed by atoms with Crippen LogP contribution in [0.15, 0.2) is 59.2 Å². The minimum absolute atomic E-state index is 0.179. The quantitative estimate of drug-likeness (QED) is 0.370. The molecule has 0 atom stereocenters. The molecule has 0 saturated carbocycles. The van der Waals surface area contributed by atoms with Crippen molar-refractivity contribution < 1.29 is 9.53 Å². The number of rotatable bonds is 6. The summed E-state index contributed by atoms with van der Waals surface area (Å²) in [6.07, 6.45) is 4.32. The average molecular weight is 533 g/mol. The van der Waals surface area contributed by atoms with Crippen molar-refractivity contribution in [2.45, 2.75) is 25.8 Å². The zero-order valence-electron chi connectivity index (χ0n) is 19.5. The van der Waals surface area contributed by atoms with Gasteiger partial charge in [0.2, 0.25) is 5.95 Å². The molecule has 1 aliphatic carbocycles. The van der Waals surface area contributed by atoms with Gasteiger partial charge in [-0.25, -0.2) is 9.97 Å². The van der Waals surface area contributed by atoms with Gasteiger partial charge in [0.15, 0.2) is 5.69 Å². The Hall–Kier alpha value is -3.72. The number of amides is 1. The monoisotopic (exact) mass is 532 g/mol. The molecule has 2 N–H and O–H groups in total. The second-order valence-corrected chi connectivity index (χ2v) is 9.27. The number of anilines is 2. The van der Waals surface area contributed by atoms with E-state index >= 15 is 0 Å². The van der Waals surface area contributed by atoms with Crippen LogP contribution in [0.3, 0.4) is 0 Å². The van der Waals surface area contributed by atoms with Crippen LogP contribution in [0.1, 0.15) is 33.6 Å². The molecule has 4 aromatic rings. The summed E-state index contributed by atoms with van der Waals surface area (Å²) in [5, 5.41) is 10.9. The molecule has 178 valence electrons. The lowest BCUT2D eigenvalue weighted by atomic mass is 10.1. The van der Waals surface area contributed by atoms with Crippen molar-refractivity contribution in [1.29, 1.82) is 0 Å². The minimum Gasteiger partial charge on any atom is -0.495 e. The molecule has 0 spiro atoms. The molecule has 35 heavy (non-hydrogen) atoms. The summed E-state index contributed by atoms with van der Waals surface area (Å²) in [5.74, 6) is 0.950. The predicted molar refractivity (Wildman–Crippen MR) is 138 cm³/mol. The van der Waals surface area contributed by atoms with E-state index in [-0.39, 0.29) is 5.91 Å². The highest BCUT2D eigenvalue weighted by Gasteiger charge is 2.27. The fourth-order valence-electron chi connectivity index (χ4n) is 4.34. The van der Waals surface area contributed by atoms with Gasteiger partial charge in [0.05, 0.1) is 24.2 Å². The number of ether oxygens (including phenoxy) is 1. The molecule has 2 aromatic heterocycles. The van der Waals surface area contributed by atoms with E-state index in [0.717, 1.165) is 57.5 Å². The van der Waals surface area contributed by atoms with E-state index in [1.165, 1.54) is 0 Å². The van der Waals surface area contributed by atoms with Crippen LogP contribution in [0.25, 0.3) is 11.4 Å². The first-order valence-electron chi connectivity index (χ1n) is 11.4. The first kappa shape index (κ1) is 23.0. The summed E-state index contributed by atoms with van der Waals surface area (Å²) in [6.45, 7) is 0.451. The number of hydrogen-bond acceptors (Lipinski definition) is 6. The summed E-state index contributed by atoms with van der Waals surface area (Å²) < 4.78 is 8.16. The van der Waals surface area contributed by atoms with Crippen molar-refractivity contribution in [3.63, 3.8) is 0 Å². The van der Waals surface area contributed by atoms with Crippen molar-refractivity contribution in [2.24, 2.45) is 7.05 Å². The predicted octanol–water partition coefficient (Wildman–Crippen LogP) is 4.81. The standard InChI is InChI=1S/C26H25BrN6O2/c1-33-24-19(23(32-33)25(34)28-14-16-7-4-3-5-8-16)10-6-9-17-15-29-26(31-22(17)24)30-20-12-11-18(27)13-21(20)35-2/h3-5,7-8,11-13,15H,6,9-10,14H2,1-2H3,(H,28,34)(H,29,30,31). The Bertz CT molecular complexity index is 1390. The van der Waals surface area contributed by atoms with Crippen LogP contribution >= 0.6 is 15.9 Å². The third-order valence-electron chi connectivity index (χ3n) is 6.03. The van der Waals surface area contributed by atoms with Gasteiger partial charge in [0.1, 0.15) is 5.75 Å². The molecule has 0 fully saturated rings. The molecule has 2 heterocycles. The number of halogens is 1. The second kappa shape index (κ2) is 9.87. The van der Waals surface area contributed by atoms with Crippen molar-refractivity contribution in [1.82, 2.24) is 25.1 Å². The van der Waals surface area contributed by atoms with E-state index in [9.17, 15) is 4.79 Å². The van der Waals surface area contributed by atoms with Gasteiger partial charge in [-0.2, -0.15) is 5.10 Å². The molecule has 2 aromatic carbocycles. The number of fused-ring (bicyclic) bond motifs is 3. The molecule has 1 amide bonds. The van der Waals surface area contributed by atoms with E-state index < -0.39 is 0 Å². The first-order chi connectivity index (χ1) is 17.0. The highest BCUT2D eigenvalue weighted by atomic mass is 79.9. The molecular formula is C26H25BrN6O2. The summed E-state index contributed by atoms with van der Waals surface area (Å²) in [4.78, 5) is 22.5. The number of carbonyl (C=O) groups excluding carboxylic acids is 1. The van der Waals surface area contributed by atoms with Crippen LogP contribution in [0, 0.1) is 0 Å². The molecule has 5 rings (SSSR count). The van der Waals surface area contributed by atoms with Gasteiger partial charge < -0.3 is 15.4 Å².